The SMILES string of the molecule is C=CS(=O)(=O)N1CCN(c2ncnc3sc(-c4cccc5ncccc45)cc23)CC1. The van der Waals surface area contributed by atoms with Gasteiger partial charge in [0.05, 0.1) is 10.9 Å². The molecule has 3 aromatic heterocycles. The van der Waals surface area contributed by atoms with Gasteiger partial charge in [0.2, 0.25) is 10.0 Å². The Kier molecular flexibility index (Phi) is 4.73. The van der Waals surface area contributed by atoms with Gasteiger partial charge < -0.3 is 4.90 Å². The van der Waals surface area contributed by atoms with Crippen LogP contribution in [0.15, 0.2) is 60.9 Å². The first-order valence-corrected chi connectivity index (χ1v) is 11.8. The molecule has 0 N–H and O–H groups in total. The van der Waals surface area contributed by atoms with Crippen LogP contribution in [0, 0.1) is 0 Å². The standard InChI is InChI=1S/C21H19N5O2S2/c1-2-30(27,28)26-11-9-25(10-12-26)20-17-13-19(29-21(17)24-14-23-20)16-5-3-7-18-15(16)6-4-8-22-18/h2-8,13-14H,1,9-12H2. The van der Waals surface area contributed by atoms with E-state index >= 15 is 0 Å². The van der Waals surface area contributed by atoms with Crippen LogP contribution in [0.3, 0.4) is 0 Å². The van der Waals surface area contributed by atoms with E-state index in [2.05, 4.69) is 44.6 Å². The second kappa shape index (κ2) is 7.42. The van der Waals surface area contributed by atoms with E-state index in [0.29, 0.717) is 26.2 Å². The highest BCUT2D eigenvalue weighted by Crippen LogP contribution is 2.38. The minimum absolute atomic E-state index is 0.409. The molecule has 5 rings (SSSR count). The van der Waals surface area contributed by atoms with Crippen molar-refractivity contribution in [2.75, 3.05) is 31.1 Å². The zero-order valence-corrected chi connectivity index (χ0v) is 17.7. The molecule has 0 radical (unpaired) electrons. The van der Waals surface area contributed by atoms with Crippen LogP contribution in [0.1, 0.15) is 0 Å². The van der Waals surface area contributed by atoms with Gasteiger partial charge in [-0.1, -0.05) is 24.8 Å². The first-order chi connectivity index (χ1) is 14.6. The largest absolute Gasteiger partial charge is 0.353 e. The number of thiophene rings is 1. The Balaban J connectivity index is 1.52. The Bertz CT molecular complexity index is 1350. The maximum atomic E-state index is 12.0. The molecular weight excluding hydrogens is 418 g/mol. The summed E-state index contributed by atoms with van der Waals surface area (Å²) in [7, 11) is -3.39. The van der Waals surface area contributed by atoms with Crippen LogP contribution >= 0.6 is 11.3 Å². The van der Waals surface area contributed by atoms with Gasteiger partial charge in [0.15, 0.2) is 0 Å². The lowest BCUT2D eigenvalue weighted by Crippen LogP contribution is -2.48. The van der Waals surface area contributed by atoms with Gasteiger partial charge in [0.25, 0.3) is 0 Å². The number of benzene rings is 1. The molecule has 0 amide bonds. The average Bonchev–Trinajstić information content (AvgIpc) is 3.23. The molecule has 0 saturated carbocycles. The number of sulfonamides is 1. The Morgan fingerprint density at radius 2 is 1.83 bits per heavy atom. The number of aromatic nitrogens is 3. The predicted octanol–water partition coefficient (Wildman–Crippen LogP) is 3.50. The topological polar surface area (TPSA) is 79.3 Å². The number of pyridine rings is 1. The molecule has 1 saturated heterocycles. The van der Waals surface area contributed by atoms with Crippen molar-refractivity contribution in [3.63, 3.8) is 0 Å². The summed E-state index contributed by atoms with van der Waals surface area (Å²) in [4.78, 5) is 17.6. The van der Waals surface area contributed by atoms with E-state index < -0.39 is 10.0 Å². The lowest BCUT2D eigenvalue weighted by atomic mass is 10.1. The molecule has 0 spiro atoms. The summed E-state index contributed by atoms with van der Waals surface area (Å²) in [6, 6.07) is 12.3. The first-order valence-electron chi connectivity index (χ1n) is 9.53. The van der Waals surface area contributed by atoms with E-state index in [1.54, 1.807) is 23.9 Å². The maximum absolute atomic E-state index is 12.0. The summed E-state index contributed by atoms with van der Waals surface area (Å²) in [6.07, 6.45) is 3.38. The minimum Gasteiger partial charge on any atom is -0.353 e. The molecule has 30 heavy (non-hydrogen) atoms. The van der Waals surface area contributed by atoms with E-state index in [-0.39, 0.29) is 0 Å². The van der Waals surface area contributed by atoms with Crippen LogP contribution < -0.4 is 4.90 Å². The fourth-order valence-corrected chi connectivity index (χ4v) is 5.72. The zero-order valence-electron chi connectivity index (χ0n) is 16.1. The third-order valence-corrected chi connectivity index (χ3v) is 7.91. The van der Waals surface area contributed by atoms with Crippen molar-refractivity contribution < 1.29 is 8.42 Å². The van der Waals surface area contributed by atoms with Crippen LogP contribution in [0.5, 0.6) is 0 Å². The quantitative estimate of drug-likeness (QED) is 0.486. The fourth-order valence-electron chi connectivity index (χ4n) is 3.81. The molecule has 7 nitrogen and oxygen atoms in total. The van der Waals surface area contributed by atoms with Crippen LogP contribution in [-0.4, -0.2) is 53.9 Å². The number of fused-ring (bicyclic) bond motifs is 2. The second-order valence-corrected chi connectivity index (χ2v) is 9.91. The Hall–Kier alpha value is -2.88. The molecule has 0 aliphatic carbocycles. The molecule has 0 unspecified atom stereocenters. The van der Waals surface area contributed by atoms with E-state index in [4.69, 9.17) is 0 Å². The lowest BCUT2D eigenvalue weighted by molar-refractivity contribution is 0.389. The maximum Gasteiger partial charge on any atom is 0.235 e. The summed E-state index contributed by atoms with van der Waals surface area (Å²) in [5.74, 6) is 0.844. The molecule has 1 aliphatic rings. The van der Waals surface area contributed by atoms with Crippen LogP contribution in [-0.2, 0) is 10.0 Å². The van der Waals surface area contributed by atoms with Gasteiger partial charge >= 0.3 is 0 Å². The summed E-state index contributed by atoms with van der Waals surface area (Å²) in [5.41, 5.74) is 2.08. The normalized spacial score (nSPS) is 15.7. The molecule has 152 valence electrons. The van der Waals surface area contributed by atoms with Gasteiger partial charge in [0.1, 0.15) is 17.0 Å². The summed E-state index contributed by atoms with van der Waals surface area (Å²) in [5, 5.41) is 3.10. The molecule has 1 fully saturated rings. The summed E-state index contributed by atoms with van der Waals surface area (Å²) in [6.45, 7) is 5.37. The number of anilines is 1. The molecule has 0 bridgehead atoms. The highest BCUT2D eigenvalue weighted by molar-refractivity contribution is 7.92. The van der Waals surface area contributed by atoms with Gasteiger partial charge in [-0.2, -0.15) is 4.31 Å². The number of piperazine rings is 1. The van der Waals surface area contributed by atoms with Crippen LogP contribution in [0.4, 0.5) is 5.82 Å². The van der Waals surface area contributed by atoms with E-state index in [1.807, 2.05) is 18.2 Å². The van der Waals surface area contributed by atoms with E-state index in [9.17, 15) is 8.42 Å². The zero-order chi connectivity index (χ0) is 20.7. The van der Waals surface area contributed by atoms with Crippen molar-refractivity contribution in [3.05, 3.63) is 60.9 Å². The van der Waals surface area contributed by atoms with E-state index in [0.717, 1.165) is 42.8 Å². The Labute approximate surface area is 178 Å². The van der Waals surface area contributed by atoms with Crippen molar-refractivity contribution in [1.29, 1.82) is 0 Å². The summed E-state index contributed by atoms with van der Waals surface area (Å²) >= 11 is 1.63. The molecule has 0 atom stereocenters. The van der Waals surface area contributed by atoms with Crippen molar-refractivity contribution >= 4 is 48.3 Å². The van der Waals surface area contributed by atoms with Crippen molar-refractivity contribution in [1.82, 2.24) is 19.3 Å². The number of rotatable bonds is 4. The first kappa shape index (κ1) is 19.1. The van der Waals surface area contributed by atoms with Gasteiger partial charge in [0, 0.05) is 53.6 Å². The molecule has 4 aromatic rings. The van der Waals surface area contributed by atoms with Gasteiger partial charge in [-0.3, -0.25) is 4.98 Å². The number of hydrogen-bond donors (Lipinski definition) is 0. The highest BCUT2D eigenvalue weighted by Gasteiger charge is 2.26. The van der Waals surface area contributed by atoms with Crippen molar-refractivity contribution in [3.8, 4) is 10.4 Å². The predicted molar refractivity (Wildman–Crippen MR) is 121 cm³/mol. The fraction of sp³-hybridized carbons (Fsp3) is 0.190. The smallest absolute Gasteiger partial charge is 0.235 e. The number of hydrogen-bond acceptors (Lipinski definition) is 7. The third-order valence-electron chi connectivity index (χ3n) is 5.33. The van der Waals surface area contributed by atoms with E-state index in [1.165, 1.54) is 4.31 Å². The van der Waals surface area contributed by atoms with Gasteiger partial charge in [-0.25, -0.2) is 18.4 Å². The number of nitrogens with zero attached hydrogens (tertiary/aromatic N) is 5. The van der Waals surface area contributed by atoms with Crippen molar-refractivity contribution in [2.45, 2.75) is 0 Å². The van der Waals surface area contributed by atoms with Gasteiger partial charge in [-0.15, -0.1) is 11.3 Å². The van der Waals surface area contributed by atoms with Gasteiger partial charge in [-0.05, 0) is 18.2 Å². The molecule has 9 heteroatoms. The second-order valence-electron chi connectivity index (χ2n) is 7.00. The molecule has 4 heterocycles. The lowest BCUT2D eigenvalue weighted by Gasteiger charge is -2.34. The monoisotopic (exact) mass is 437 g/mol. The Morgan fingerprint density at radius 3 is 2.63 bits per heavy atom. The molecule has 1 aliphatic heterocycles. The minimum atomic E-state index is -3.39. The summed E-state index contributed by atoms with van der Waals surface area (Å²) < 4.78 is 25.5. The van der Waals surface area contributed by atoms with Crippen LogP contribution in [0.25, 0.3) is 31.6 Å². The molecular formula is C21H19N5O2S2. The average molecular weight is 438 g/mol. The third kappa shape index (κ3) is 3.24. The van der Waals surface area contributed by atoms with Crippen LogP contribution in [0.2, 0.25) is 0 Å². The Morgan fingerprint density at radius 1 is 1.00 bits per heavy atom. The van der Waals surface area contributed by atoms with Crippen molar-refractivity contribution in [2.24, 2.45) is 0 Å². The molecule has 1 aromatic carbocycles. The highest BCUT2D eigenvalue weighted by atomic mass is 32.2.